The van der Waals surface area contributed by atoms with Crippen LogP contribution in [0.4, 0.5) is 17.6 Å². The molecule has 4 rings (SSSR count). The largest absolute Gasteiger partial charge is 0.416 e. The molecule has 7 heteroatoms. The molecule has 28 heavy (non-hydrogen) atoms. The first-order valence-corrected chi connectivity index (χ1v) is 8.75. The molecule has 1 N–H and O–H groups in total. The van der Waals surface area contributed by atoms with Crippen molar-refractivity contribution >= 4 is 22.4 Å². The van der Waals surface area contributed by atoms with Gasteiger partial charge in [-0.05, 0) is 54.5 Å². The van der Waals surface area contributed by atoms with E-state index in [2.05, 4.69) is 4.98 Å². The first-order valence-electron chi connectivity index (χ1n) is 8.75. The molecule has 1 aromatic heterocycles. The number of nitrogens with zero attached hydrogens (tertiary/aromatic N) is 1. The Kier molecular flexibility index (Phi) is 4.45. The molecule has 0 radical (unpaired) electrons. The Hall–Kier alpha value is -3.09. The summed E-state index contributed by atoms with van der Waals surface area (Å²) in [6.45, 7) is 0.783. The Bertz CT molecular complexity index is 1060. The van der Waals surface area contributed by atoms with Gasteiger partial charge in [0.05, 0.1) is 5.56 Å². The number of aromatic amines is 1. The molecule has 2 heterocycles. The van der Waals surface area contributed by atoms with Gasteiger partial charge in [0.2, 0.25) is 0 Å². The fourth-order valence-electron chi connectivity index (χ4n) is 3.44. The predicted molar refractivity (Wildman–Crippen MR) is 98.2 cm³/mol. The summed E-state index contributed by atoms with van der Waals surface area (Å²) in [5, 5.41) is 0.786. The predicted octanol–water partition coefficient (Wildman–Crippen LogP) is 5.26. The van der Waals surface area contributed by atoms with Gasteiger partial charge in [0.1, 0.15) is 5.82 Å². The number of hydrogen-bond acceptors (Lipinski definition) is 1. The van der Waals surface area contributed by atoms with Crippen LogP contribution in [-0.2, 0) is 6.18 Å². The minimum Gasteiger partial charge on any atom is -0.361 e. The van der Waals surface area contributed by atoms with Gasteiger partial charge in [0.25, 0.3) is 5.91 Å². The van der Waals surface area contributed by atoms with Crippen LogP contribution in [0, 0.1) is 5.82 Å². The van der Waals surface area contributed by atoms with Crippen LogP contribution in [0.3, 0.4) is 0 Å². The van der Waals surface area contributed by atoms with Crippen molar-refractivity contribution in [3.8, 4) is 0 Å². The van der Waals surface area contributed by atoms with Gasteiger partial charge in [0, 0.05) is 41.3 Å². The second kappa shape index (κ2) is 6.82. The molecule has 1 amide bonds. The summed E-state index contributed by atoms with van der Waals surface area (Å²) in [7, 11) is 0. The lowest BCUT2D eigenvalue weighted by atomic mass is 9.98. The number of carbonyl (C=O) groups is 1. The van der Waals surface area contributed by atoms with Gasteiger partial charge < -0.3 is 9.88 Å². The fourth-order valence-corrected chi connectivity index (χ4v) is 3.44. The number of benzene rings is 2. The van der Waals surface area contributed by atoms with Crippen LogP contribution in [0.2, 0.25) is 0 Å². The second-order valence-corrected chi connectivity index (χ2v) is 6.70. The molecule has 3 nitrogen and oxygen atoms in total. The highest BCUT2D eigenvalue weighted by Gasteiger charge is 2.30. The average Bonchev–Trinajstić information content (AvgIpc) is 3.10. The number of carbonyl (C=O) groups excluding carboxylic acids is 1. The standard InChI is InChI=1S/C21H16F4N2O/c22-16-5-6-19-17(11-16)18(12-26-19)13-7-9-27(10-8-13)20(28)14-1-3-15(4-2-14)21(23,24)25/h1-7,11-12,26H,8-10H2. The molecular weight excluding hydrogens is 372 g/mol. The highest BCUT2D eigenvalue weighted by Crippen LogP contribution is 2.31. The van der Waals surface area contributed by atoms with E-state index in [1.807, 2.05) is 12.3 Å². The van der Waals surface area contributed by atoms with Crippen molar-refractivity contribution in [2.24, 2.45) is 0 Å². The van der Waals surface area contributed by atoms with Gasteiger partial charge in [0.15, 0.2) is 0 Å². The maximum atomic E-state index is 13.6. The van der Waals surface area contributed by atoms with Crippen molar-refractivity contribution in [2.75, 3.05) is 13.1 Å². The van der Waals surface area contributed by atoms with E-state index in [-0.39, 0.29) is 17.3 Å². The van der Waals surface area contributed by atoms with E-state index in [0.29, 0.717) is 19.5 Å². The number of H-pyrrole nitrogens is 1. The summed E-state index contributed by atoms with van der Waals surface area (Å²) in [5.41, 5.74) is 2.18. The van der Waals surface area contributed by atoms with E-state index in [1.165, 1.54) is 24.3 Å². The molecule has 1 aliphatic heterocycles. The van der Waals surface area contributed by atoms with Crippen LogP contribution in [0.1, 0.15) is 27.9 Å². The minimum atomic E-state index is -4.43. The van der Waals surface area contributed by atoms with Crippen LogP contribution >= 0.6 is 0 Å². The van der Waals surface area contributed by atoms with Gasteiger partial charge in [-0.25, -0.2) is 4.39 Å². The van der Waals surface area contributed by atoms with Crippen LogP contribution in [0.5, 0.6) is 0 Å². The van der Waals surface area contributed by atoms with Gasteiger partial charge in [-0.3, -0.25) is 4.79 Å². The molecule has 0 fully saturated rings. The number of rotatable bonds is 2. The molecule has 0 aliphatic carbocycles. The first-order chi connectivity index (χ1) is 13.3. The zero-order valence-electron chi connectivity index (χ0n) is 14.7. The maximum absolute atomic E-state index is 13.6. The molecule has 0 saturated heterocycles. The van der Waals surface area contributed by atoms with E-state index in [0.717, 1.165) is 34.2 Å². The van der Waals surface area contributed by atoms with E-state index < -0.39 is 11.7 Å². The lowest BCUT2D eigenvalue weighted by Gasteiger charge is -2.26. The number of nitrogens with one attached hydrogen (secondary N) is 1. The second-order valence-electron chi connectivity index (χ2n) is 6.70. The summed E-state index contributed by atoms with van der Waals surface area (Å²) in [4.78, 5) is 17.3. The number of alkyl halides is 3. The molecule has 2 aromatic carbocycles. The van der Waals surface area contributed by atoms with Crippen LogP contribution < -0.4 is 0 Å². The van der Waals surface area contributed by atoms with E-state index in [9.17, 15) is 22.4 Å². The lowest BCUT2D eigenvalue weighted by molar-refractivity contribution is -0.137. The number of aromatic nitrogens is 1. The number of amides is 1. The molecule has 144 valence electrons. The van der Waals surface area contributed by atoms with Crippen LogP contribution in [0.25, 0.3) is 16.5 Å². The van der Waals surface area contributed by atoms with Gasteiger partial charge >= 0.3 is 6.18 Å². The summed E-state index contributed by atoms with van der Waals surface area (Å²) in [6.07, 6.45) is -0.124. The summed E-state index contributed by atoms with van der Waals surface area (Å²) >= 11 is 0. The SMILES string of the molecule is O=C(c1ccc(C(F)(F)F)cc1)N1CC=C(c2c[nH]c3ccc(F)cc23)CC1. The number of halogens is 4. The van der Waals surface area contributed by atoms with Crippen molar-refractivity contribution in [2.45, 2.75) is 12.6 Å². The first kappa shape index (κ1) is 18.3. The average molecular weight is 388 g/mol. The number of fused-ring (bicyclic) bond motifs is 1. The zero-order chi connectivity index (χ0) is 19.9. The van der Waals surface area contributed by atoms with E-state index in [1.54, 1.807) is 11.0 Å². The summed E-state index contributed by atoms with van der Waals surface area (Å²) in [5.74, 6) is -0.627. The molecule has 0 saturated carbocycles. The highest BCUT2D eigenvalue weighted by atomic mass is 19.4. The third kappa shape index (κ3) is 3.40. The minimum absolute atomic E-state index is 0.221. The smallest absolute Gasteiger partial charge is 0.361 e. The Morgan fingerprint density at radius 3 is 2.46 bits per heavy atom. The molecule has 0 unspecified atom stereocenters. The molecule has 1 aliphatic rings. The van der Waals surface area contributed by atoms with Gasteiger partial charge in [-0.1, -0.05) is 6.08 Å². The van der Waals surface area contributed by atoms with Crippen LogP contribution in [-0.4, -0.2) is 28.9 Å². The summed E-state index contributed by atoms with van der Waals surface area (Å²) in [6, 6.07) is 8.78. The number of hydrogen-bond donors (Lipinski definition) is 1. The van der Waals surface area contributed by atoms with Crippen molar-refractivity contribution in [3.05, 3.63) is 77.2 Å². The lowest BCUT2D eigenvalue weighted by Crippen LogP contribution is -2.34. The van der Waals surface area contributed by atoms with Gasteiger partial charge in [-0.15, -0.1) is 0 Å². The fraction of sp³-hybridized carbons (Fsp3) is 0.190. The topological polar surface area (TPSA) is 36.1 Å². The van der Waals surface area contributed by atoms with Crippen molar-refractivity contribution in [1.82, 2.24) is 9.88 Å². The molecule has 0 spiro atoms. The highest BCUT2D eigenvalue weighted by molar-refractivity contribution is 5.96. The van der Waals surface area contributed by atoms with E-state index in [4.69, 9.17) is 0 Å². The Labute approximate surface area is 158 Å². The van der Waals surface area contributed by atoms with Crippen molar-refractivity contribution in [3.63, 3.8) is 0 Å². The maximum Gasteiger partial charge on any atom is 0.416 e. The quantitative estimate of drug-likeness (QED) is 0.598. The Balaban J connectivity index is 1.52. The zero-order valence-corrected chi connectivity index (χ0v) is 14.7. The van der Waals surface area contributed by atoms with E-state index >= 15 is 0 Å². The Morgan fingerprint density at radius 2 is 1.82 bits per heavy atom. The van der Waals surface area contributed by atoms with Gasteiger partial charge in [-0.2, -0.15) is 13.2 Å². The van der Waals surface area contributed by atoms with Crippen LogP contribution in [0.15, 0.2) is 54.7 Å². The van der Waals surface area contributed by atoms with Crippen molar-refractivity contribution in [1.29, 1.82) is 0 Å². The summed E-state index contributed by atoms with van der Waals surface area (Å²) < 4.78 is 51.5. The molecule has 3 aromatic rings. The third-order valence-corrected chi connectivity index (χ3v) is 4.95. The molecular formula is C21H16F4N2O. The normalized spacial score (nSPS) is 15.0. The molecule has 0 atom stereocenters. The Morgan fingerprint density at radius 1 is 1.07 bits per heavy atom. The monoisotopic (exact) mass is 388 g/mol. The molecule has 0 bridgehead atoms. The third-order valence-electron chi connectivity index (χ3n) is 4.95. The van der Waals surface area contributed by atoms with Crippen molar-refractivity contribution < 1.29 is 22.4 Å².